The van der Waals surface area contributed by atoms with Gasteiger partial charge in [0.25, 0.3) is 0 Å². The molecular formula is C16H22N6O5. The number of likely N-dealkylation sites (N-methyl/N-ethyl adjacent to an activating group) is 1. The van der Waals surface area contributed by atoms with Crippen molar-refractivity contribution in [2.24, 2.45) is 12.0 Å². The summed E-state index contributed by atoms with van der Waals surface area (Å²) in [6.45, 7) is 0.492. The van der Waals surface area contributed by atoms with Crippen molar-refractivity contribution in [1.29, 1.82) is 0 Å². The molecule has 27 heavy (non-hydrogen) atoms. The highest BCUT2D eigenvalue weighted by atomic mass is 16.7. The Bertz CT molecular complexity index is 803. The summed E-state index contributed by atoms with van der Waals surface area (Å²) in [4.78, 5) is 47.5. The Hall–Kier alpha value is -3.11. The summed E-state index contributed by atoms with van der Waals surface area (Å²) < 4.78 is 1.69. The molecule has 2 aliphatic heterocycles. The Balaban J connectivity index is 1.75. The number of aliphatic imine (C=N–C) groups is 1. The number of aryl methyl sites for hydroxylation is 1. The van der Waals surface area contributed by atoms with E-state index in [-0.39, 0.29) is 31.3 Å². The number of carboxylic acid groups (broad SMARTS) is 1. The summed E-state index contributed by atoms with van der Waals surface area (Å²) in [6, 6.07) is -0.774. The summed E-state index contributed by atoms with van der Waals surface area (Å²) in [5.74, 6) is -1.27. The number of amides is 2. The van der Waals surface area contributed by atoms with Crippen LogP contribution >= 0.6 is 0 Å². The number of aromatic nitrogens is 2. The first-order valence-corrected chi connectivity index (χ1v) is 8.54. The van der Waals surface area contributed by atoms with Gasteiger partial charge in [-0.25, -0.2) is 15.1 Å². The lowest BCUT2D eigenvalue weighted by atomic mass is 9.97. The van der Waals surface area contributed by atoms with Crippen LogP contribution in [0.25, 0.3) is 0 Å². The van der Waals surface area contributed by atoms with Crippen molar-refractivity contribution in [2.45, 2.75) is 31.3 Å². The maximum atomic E-state index is 12.6. The van der Waals surface area contributed by atoms with E-state index < -0.39 is 18.0 Å². The maximum Gasteiger partial charge on any atom is 0.332 e. The molecule has 2 atom stereocenters. The van der Waals surface area contributed by atoms with Gasteiger partial charge in [0.05, 0.1) is 17.9 Å². The quantitative estimate of drug-likeness (QED) is 0.426. The minimum absolute atomic E-state index is 0.0363. The van der Waals surface area contributed by atoms with E-state index in [9.17, 15) is 14.4 Å². The Morgan fingerprint density at radius 1 is 1.41 bits per heavy atom. The number of fused-ring (bicyclic) bond motifs is 4. The average Bonchev–Trinajstić information content (AvgIpc) is 3.12. The highest BCUT2D eigenvalue weighted by Gasteiger charge is 2.49. The molecule has 1 aromatic rings. The molecule has 2 amide bonds. The highest BCUT2D eigenvalue weighted by Crippen LogP contribution is 2.42. The van der Waals surface area contributed by atoms with E-state index in [0.717, 1.165) is 11.3 Å². The highest BCUT2D eigenvalue weighted by molar-refractivity contribution is 5.94. The second-order valence-corrected chi connectivity index (χ2v) is 6.51. The Morgan fingerprint density at radius 3 is 2.81 bits per heavy atom. The smallest absolute Gasteiger partial charge is 0.332 e. The van der Waals surface area contributed by atoms with Gasteiger partial charge in [-0.05, 0) is 6.42 Å². The number of urea groups is 1. The van der Waals surface area contributed by atoms with Gasteiger partial charge in [0.1, 0.15) is 6.04 Å². The lowest BCUT2D eigenvalue weighted by Gasteiger charge is -2.32. The van der Waals surface area contributed by atoms with Crippen LogP contribution in [0.4, 0.5) is 4.79 Å². The van der Waals surface area contributed by atoms with E-state index in [1.807, 2.05) is 0 Å². The molecule has 1 fully saturated rings. The molecule has 0 aromatic carbocycles. The number of carbonyl (C=O) groups is 3. The van der Waals surface area contributed by atoms with Crippen molar-refractivity contribution in [2.75, 3.05) is 20.6 Å². The van der Waals surface area contributed by atoms with Crippen molar-refractivity contribution in [3.05, 3.63) is 17.5 Å². The summed E-state index contributed by atoms with van der Waals surface area (Å²) >= 11 is 0. The Kier molecular flexibility index (Phi) is 5.02. The van der Waals surface area contributed by atoms with Gasteiger partial charge in [-0.15, -0.1) is 0 Å². The van der Waals surface area contributed by atoms with Gasteiger partial charge in [-0.2, -0.15) is 5.10 Å². The topological polar surface area (TPSA) is 129 Å². The lowest BCUT2D eigenvalue weighted by Crippen LogP contribution is -2.44. The van der Waals surface area contributed by atoms with E-state index in [2.05, 4.69) is 15.6 Å². The van der Waals surface area contributed by atoms with E-state index in [1.165, 1.54) is 7.05 Å². The third-order valence-electron chi connectivity index (χ3n) is 4.87. The summed E-state index contributed by atoms with van der Waals surface area (Å²) in [5.41, 5.74) is 4.29. The average molecular weight is 378 g/mol. The molecule has 3 rings (SSSR count). The Morgan fingerprint density at radius 2 is 2.15 bits per heavy atom. The van der Waals surface area contributed by atoms with Gasteiger partial charge in [0.15, 0.2) is 5.84 Å². The molecule has 2 N–H and O–H groups in total. The van der Waals surface area contributed by atoms with Crippen LogP contribution in [0.5, 0.6) is 0 Å². The summed E-state index contributed by atoms with van der Waals surface area (Å²) in [6.07, 6.45) is 1.78. The van der Waals surface area contributed by atoms with E-state index in [0.29, 0.717) is 12.4 Å². The zero-order chi connectivity index (χ0) is 19.7. The monoisotopic (exact) mass is 378 g/mol. The van der Waals surface area contributed by atoms with Crippen LogP contribution in [0.2, 0.25) is 0 Å². The van der Waals surface area contributed by atoms with Gasteiger partial charge in [0.2, 0.25) is 0 Å². The van der Waals surface area contributed by atoms with Gasteiger partial charge in [-0.1, -0.05) is 0 Å². The van der Waals surface area contributed by atoms with Crippen molar-refractivity contribution in [1.82, 2.24) is 25.1 Å². The number of amidine groups is 1. The normalized spacial score (nSPS) is 21.3. The third kappa shape index (κ3) is 3.32. The lowest BCUT2D eigenvalue weighted by molar-refractivity contribution is -0.148. The van der Waals surface area contributed by atoms with Crippen LogP contribution in [-0.2, 0) is 21.5 Å². The second-order valence-electron chi connectivity index (χ2n) is 6.51. The molecule has 0 spiro atoms. The molecule has 0 unspecified atom stereocenters. The molecule has 0 radical (unpaired) electrons. The molecule has 0 aliphatic carbocycles. The van der Waals surface area contributed by atoms with Crippen LogP contribution in [0, 0.1) is 0 Å². The SMILES string of the molecule is CN=C(NOC(=O)CCCC(=O)O)[C@@H]1c2c(cnn2C)[C@@H]2CN1C(=O)N2C. The molecular weight excluding hydrogens is 356 g/mol. The largest absolute Gasteiger partial charge is 0.481 e. The third-order valence-corrected chi connectivity index (χ3v) is 4.87. The number of nitrogens with one attached hydrogen (secondary N) is 1. The zero-order valence-corrected chi connectivity index (χ0v) is 15.4. The molecule has 0 saturated carbocycles. The minimum Gasteiger partial charge on any atom is -0.481 e. The maximum absolute atomic E-state index is 12.6. The predicted molar refractivity (Wildman–Crippen MR) is 92.6 cm³/mol. The van der Waals surface area contributed by atoms with E-state index in [4.69, 9.17) is 9.94 Å². The van der Waals surface area contributed by atoms with Crippen molar-refractivity contribution < 1.29 is 24.3 Å². The first-order valence-electron chi connectivity index (χ1n) is 8.54. The number of carboxylic acids is 1. The number of hydroxylamine groups is 1. The van der Waals surface area contributed by atoms with Crippen LogP contribution in [-0.4, -0.2) is 69.1 Å². The number of nitrogens with zero attached hydrogens (tertiary/aromatic N) is 5. The fourth-order valence-corrected chi connectivity index (χ4v) is 3.49. The summed E-state index contributed by atoms with van der Waals surface area (Å²) in [7, 11) is 5.06. The van der Waals surface area contributed by atoms with Crippen LogP contribution < -0.4 is 5.48 Å². The minimum atomic E-state index is -0.969. The van der Waals surface area contributed by atoms with Crippen molar-refractivity contribution in [3.8, 4) is 0 Å². The molecule has 1 saturated heterocycles. The van der Waals surface area contributed by atoms with Crippen molar-refractivity contribution in [3.63, 3.8) is 0 Å². The number of hydrogen-bond donors (Lipinski definition) is 2. The molecule has 3 heterocycles. The zero-order valence-electron chi connectivity index (χ0n) is 15.4. The van der Waals surface area contributed by atoms with Gasteiger partial charge >= 0.3 is 18.0 Å². The molecule has 1 aromatic heterocycles. The van der Waals surface area contributed by atoms with E-state index >= 15 is 0 Å². The number of aliphatic carboxylic acids is 1. The molecule has 146 valence electrons. The number of carbonyl (C=O) groups excluding carboxylic acids is 2. The van der Waals surface area contributed by atoms with Crippen LogP contribution in [0.3, 0.4) is 0 Å². The second kappa shape index (κ2) is 7.25. The van der Waals surface area contributed by atoms with Crippen LogP contribution in [0.1, 0.15) is 42.6 Å². The number of hydrogen-bond acceptors (Lipinski definition) is 6. The standard InChI is InChI=1S/C16H22N6O5/c1-17-15(19-27-12(25)6-4-5-11(23)24)14-13-9(7-18-21(13)3)10-8-22(14)16(26)20(10)2/h7,10,14H,4-6,8H2,1-3H3,(H,17,19)(H,23,24)/t10-,14-/m0/s1. The van der Waals surface area contributed by atoms with Gasteiger partial charge in [-0.3, -0.25) is 14.5 Å². The van der Waals surface area contributed by atoms with E-state index in [1.54, 1.807) is 34.8 Å². The molecule has 11 nitrogen and oxygen atoms in total. The van der Waals surface area contributed by atoms with Crippen molar-refractivity contribution >= 4 is 23.8 Å². The fraction of sp³-hybridized carbons (Fsp3) is 0.562. The first kappa shape index (κ1) is 18.7. The Labute approximate surface area is 155 Å². The molecule has 11 heteroatoms. The van der Waals surface area contributed by atoms with Gasteiger partial charge in [0, 0.05) is 46.1 Å². The fourth-order valence-electron chi connectivity index (χ4n) is 3.49. The predicted octanol–water partition coefficient (Wildman–Crippen LogP) is 0.214. The summed E-state index contributed by atoms with van der Waals surface area (Å²) in [5, 5.41) is 12.9. The van der Waals surface area contributed by atoms with Crippen LogP contribution in [0.15, 0.2) is 11.2 Å². The molecule has 2 bridgehead atoms. The number of rotatable bonds is 5. The first-order chi connectivity index (χ1) is 12.8. The molecule has 2 aliphatic rings. The van der Waals surface area contributed by atoms with Gasteiger partial charge < -0.3 is 19.7 Å².